The maximum absolute atomic E-state index is 11.3. The van der Waals surface area contributed by atoms with Crippen molar-refractivity contribution in [1.82, 2.24) is 0 Å². The van der Waals surface area contributed by atoms with Crippen molar-refractivity contribution in [2.45, 2.75) is 13.8 Å². The Morgan fingerprint density at radius 2 is 1.36 bits per heavy atom. The van der Waals surface area contributed by atoms with Gasteiger partial charge in [-0.2, -0.15) is 0 Å². The van der Waals surface area contributed by atoms with Crippen LogP contribution < -0.4 is 0 Å². The van der Waals surface area contributed by atoms with E-state index in [0.29, 0.717) is 11.1 Å². The molecule has 0 radical (unpaired) electrons. The van der Waals surface area contributed by atoms with E-state index in [1.807, 2.05) is 0 Å². The fourth-order valence-corrected chi connectivity index (χ4v) is 1.60. The van der Waals surface area contributed by atoms with Crippen LogP contribution >= 0.6 is 0 Å². The molecule has 2 N–H and O–H groups in total. The third-order valence-corrected chi connectivity index (χ3v) is 2.54. The molecular weight excluding hydrogens is 288 g/mol. The van der Waals surface area contributed by atoms with Crippen LogP contribution in [0.2, 0.25) is 0 Å². The summed E-state index contributed by atoms with van der Waals surface area (Å²) >= 11 is 0. The minimum atomic E-state index is -0.670. The van der Waals surface area contributed by atoms with Gasteiger partial charge >= 0.3 is 11.9 Å². The SMILES string of the molecule is CCOC(=O)/C=C(\O)c1cccc(/C(O)=C/C(=O)OCC)c1. The predicted octanol–water partition coefficient (Wildman–Crippen LogP) is 2.61. The molecule has 0 bridgehead atoms. The maximum atomic E-state index is 11.3. The standard InChI is InChI=1S/C16H18O6/c1-3-21-15(19)9-13(17)11-6-5-7-12(8-11)14(18)10-16(20)22-4-2/h5-10,17-18H,3-4H2,1-2H3/b13-9-,14-10-. The second-order valence-electron chi connectivity index (χ2n) is 4.14. The molecule has 0 aliphatic rings. The molecule has 0 atom stereocenters. The number of hydrogen-bond donors (Lipinski definition) is 2. The van der Waals surface area contributed by atoms with Gasteiger partial charge in [0, 0.05) is 11.1 Å². The van der Waals surface area contributed by atoms with Crippen molar-refractivity contribution >= 4 is 23.5 Å². The molecule has 22 heavy (non-hydrogen) atoms. The van der Waals surface area contributed by atoms with Crippen LogP contribution in [0.1, 0.15) is 25.0 Å². The number of hydrogen-bond acceptors (Lipinski definition) is 6. The smallest absolute Gasteiger partial charge is 0.334 e. The summed E-state index contributed by atoms with van der Waals surface area (Å²) in [6.07, 6.45) is 1.88. The van der Waals surface area contributed by atoms with Gasteiger partial charge in [-0.05, 0) is 19.9 Å². The van der Waals surface area contributed by atoms with Crippen LogP contribution in [0.15, 0.2) is 36.4 Å². The van der Waals surface area contributed by atoms with Crippen molar-refractivity contribution in [2.24, 2.45) is 0 Å². The maximum Gasteiger partial charge on any atom is 0.334 e. The Labute approximate surface area is 128 Å². The van der Waals surface area contributed by atoms with Crippen LogP contribution in [0.3, 0.4) is 0 Å². The van der Waals surface area contributed by atoms with Crippen LogP contribution in [-0.2, 0) is 19.1 Å². The van der Waals surface area contributed by atoms with E-state index >= 15 is 0 Å². The van der Waals surface area contributed by atoms with Gasteiger partial charge in [-0.15, -0.1) is 0 Å². The van der Waals surface area contributed by atoms with Crippen molar-refractivity contribution in [3.63, 3.8) is 0 Å². The van der Waals surface area contributed by atoms with E-state index < -0.39 is 11.9 Å². The van der Waals surface area contributed by atoms with Gasteiger partial charge in [0.1, 0.15) is 11.5 Å². The summed E-state index contributed by atoms with van der Waals surface area (Å²) in [4.78, 5) is 22.6. The fourth-order valence-electron chi connectivity index (χ4n) is 1.60. The van der Waals surface area contributed by atoms with Gasteiger partial charge in [-0.3, -0.25) is 0 Å². The van der Waals surface area contributed by atoms with Crippen molar-refractivity contribution in [3.8, 4) is 0 Å². The second-order valence-corrected chi connectivity index (χ2v) is 4.14. The molecule has 0 fully saturated rings. The van der Waals surface area contributed by atoms with Gasteiger partial charge < -0.3 is 19.7 Å². The number of benzene rings is 1. The number of aliphatic hydroxyl groups is 2. The van der Waals surface area contributed by atoms with Crippen molar-refractivity contribution < 1.29 is 29.3 Å². The van der Waals surface area contributed by atoms with Crippen molar-refractivity contribution in [3.05, 3.63) is 47.5 Å². The lowest BCUT2D eigenvalue weighted by atomic mass is 10.1. The zero-order chi connectivity index (χ0) is 16.5. The molecule has 1 aromatic carbocycles. The summed E-state index contributed by atoms with van der Waals surface area (Å²) in [6.45, 7) is 3.71. The summed E-state index contributed by atoms with van der Waals surface area (Å²) in [5.41, 5.74) is 0.601. The zero-order valence-corrected chi connectivity index (χ0v) is 12.4. The minimum Gasteiger partial charge on any atom is -0.507 e. The molecule has 1 rings (SSSR count). The number of aliphatic hydroxyl groups excluding tert-OH is 2. The van der Waals surface area contributed by atoms with Crippen molar-refractivity contribution in [2.75, 3.05) is 13.2 Å². The van der Waals surface area contributed by atoms with E-state index in [0.717, 1.165) is 12.2 Å². The van der Waals surface area contributed by atoms with Crippen LogP contribution in [0, 0.1) is 0 Å². The molecule has 0 aliphatic heterocycles. The first-order chi connectivity index (χ1) is 10.5. The predicted molar refractivity (Wildman–Crippen MR) is 80.9 cm³/mol. The molecule has 0 heterocycles. The Hall–Kier alpha value is -2.76. The average molecular weight is 306 g/mol. The largest absolute Gasteiger partial charge is 0.507 e. The number of ether oxygens (including phenoxy) is 2. The lowest BCUT2D eigenvalue weighted by Gasteiger charge is -2.05. The highest BCUT2D eigenvalue weighted by molar-refractivity contribution is 5.91. The van der Waals surface area contributed by atoms with Gasteiger partial charge in [0.25, 0.3) is 0 Å². The summed E-state index contributed by atoms with van der Waals surface area (Å²) in [6, 6.07) is 6.09. The van der Waals surface area contributed by atoms with E-state index in [4.69, 9.17) is 9.47 Å². The Morgan fingerprint density at radius 1 is 0.955 bits per heavy atom. The van der Waals surface area contributed by atoms with E-state index in [1.165, 1.54) is 6.07 Å². The molecule has 0 amide bonds. The average Bonchev–Trinajstić information content (AvgIpc) is 2.47. The summed E-state index contributed by atoms with van der Waals surface area (Å²) in [5, 5.41) is 19.7. The van der Waals surface area contributed by atoms with E-state index in [2.05, 4.69) is 0 Å². The van der Waals surface area contributed by atoms with Gasteiger partial charge in [0.05, 0.1) is 25.4 Å². The van der Waals surface area contributed by atoms with E-state index in [9.17, 15) is 19.8 Å². The Bertz CT molecular complexity index is 551. The molecule has 6 nitrogen and oxygen atoms in total. The first kappa shape index (κ1) is 17.3. The molecule has 0 aliphatic carbocycles. The molecule has 118 valence electrons. The Morgan fingerprint density at radius 3 is 1.73 bits per heavy atom. The fraction of sp³-hybridized carbons (Fsp3) is 0.250. The molecule has 0 saturated carbocycles. The third-order valence-electron chi connectivity index (χ3n) is 2.54. The number of carbonyl (C=O) groups is 2. The minimum absolute atomic E-state index is 0.200. The summed E-state index contributed by atoms with van der Waals surface area (Å²) in [5.74, 6) is -1.94. The van der Waals surface area contributed by atoms with Gasteiger partial charge in [0.2, 0.25) is 0 Å². The van der Waals surface area contributed by atoms with Crippen LogP contribution in [0.5, 0.6) is 0 Å². The van der Waals surface area contributed by atoms with Gasteiger partial charge in [0.15, 0.2) is 0 Å². The summed E-state index contributed by atoms with van der Waals surface area (Å²) < 4.78 is 9.39. The topological polar surface area (TPSA) is 93.1 Å². The molecule has 0 aromatic heterocycles. The first-order valence-electron chi connectivity index (χ1n) is 6.73. The van der Waals surface area contributed by atoms with Crippen LogP contribution in [0.25, 0.3) is 11.5 Å². The van der Waals surface area contributed by atoms with Crippen LogP contribution in [-0.4, -0.2) is 35.4 Å². The quantitative estimate of drug-likeness (QED) is 0.477. The molecule has 6 heteroatoms. The van der Waals surface area contributed by atoms with Gasteiger partial charge in [-0.25, -0.2) is 9.59 Å². The molecular formula is C16H18O6. The molecule has 0 saturated heterocycles. The van der Waals surface area contributed by atoms with E-state index in [1.54, 1.807) is 32.0 Å². The molecule has 0 unspecified atom stereocenters. The lowest BCUT2D eigenvalue weighted by Crippen LogP contribution is -2.02. The van der Waals surface area contributed by atoms with Crippen molar-refractivity contribution in [1.29, 1.82) is 0 Å². The normalized spacial score (nSPS) is 11.9. The van der Waals surface area contributed by atoms with Crippen LogP contribution in [0.4, 0.5) is 0 Å². The number of carbonyl (C=O) groups excluding carboxylic acids is 2. The molecule has 1 aromatic rings. The second kappa shape index (κ2) is 8.51. The van der Waals surface area contributed by atoms with Gasteiger partial charge in [-0.1, -0.05) is 18.2 Å². The Kier molecular flexibility index (Phi) is 6.69. The van der Waals surface area contributed by atoms with E-state index in [-0.39, 0.29) is 24.7 Å². The molecule has 0 spiro atoms. The summed E-state index contributed by atoms with van der Waals surface area (Å²) in [7, 11) is 0. The lowest BCUT2D eigenvalue weighted by molar-refractivity contribution is -0.138. The highest BCUT2D eigenvalue weighted by Crippen LogP contribution is 2.18. The monoisotopic (exact) mass is 306 g/mol. The zero-order valence-electron chi connectivity index (χ0n) is 12.4. The third kappa shape index (κ3) is 5.32. The number of esters is 2. The number of rotatable bonds is 6. The first-order valence-corrected chi connectivity index (χ1v) is 6.73. The highest BCUT2D eigenvalue weighted by Gasteiger charge is 2.08. The highest BCUT2D eigenvalue weighted by atomic mass is 16.5. The Balaban J connectivity index is 2.99.